The Labute approximate surface area is 166 Å². The van der Waals surface area contributed by atoms with Crippen LogP contribution in [-0.2, 0) is 27.3 Å². The highest BCUT2D eigenvalue weighted by molar-refractivity contribution is 5.86. The van der Waals surface area contributed by atoms with Crippen molar-refractivity contribution in [2.75, 3.05) is 26.8 Å². The lowest BCUT2D eigenvalue weighted by Gasteiger charge is -2.27. The van der Waals surface area contributed by atoms with E-state index in [-0.39, 0.29) is 31.0 Å². The molecule has 0 unspecified atom stereocenters. The molecule has 3 rings (SSSR count). The van der Waals surface area contributed by atoms with Crippen LogP contribution in [-0.4, -0.2) is 54.5 Å². The molecule has 0 atom stereocenters. The van der Waals surface area contributed by atoms with E-state index >= 15 is 0 Å². The van der Waals surface area contributed by atoms with E-state index in [1.807, 2.05) is 37.3 Å². The minimum absolute atomic E-state index is 0.00513. The van der Waals surface area contributed by atoms with Crippen LogP contribution in [0.2, 0.25) is 0 Å². The SMILES string of the molecule is COCC(=O)N(CC(=O)N(CCc1ccccc1)Cc1ccc(C)o1)C1CC1. The van der Waals surface area contributed by atoms with Gasteiger partial charge in [-0.3, -0.25) is 9.59 Å². The molecule has 2 aromatic rings. The van der Waals surface area contributed by atoms with Crippen LogP contribution >= 0.6 is 0 Å². The maximum absolute atomic E-state index is 13.1. The third kappa shape index (κ3) is 5.70. The first kappa shape index (κ1) is 20.1. The molecule has 0 aliphatic heterocycles. The Morgan fingerprint density at radius 2 is 1.86 bits per heavy atom. The van der Waals surface area contributed by atoms with Gasteiger partial charge in [0, 0.05) is 19.7 Å². The van der Waals surface area contributed by atoms with Gasteiger partial charge in [-0.25, -0.2) is 0 Å². The molecule has 1 aliphatic carbocycles. The van der Waals surface area contributed by atoms with Crippen molar-refractivity contribution in [3.8, 4) is 0 Å². The lowest BCUT2D eigenvalue weighted by atomic mass is 10.1. The van der Waals surface area contributed by atoms with E-state index in [1.54, 1.807) is 9.80 Å². The minimum atomic E-state index is -0.129. The van der Waals surface area contributed by atoms with Crippen LogP contribution < -0.4 is 0 Å². The second-order valence-corrected chi connectivity index (χ2v) is 7.25. The average molecular weight is 384 g/mol. The Hall–Kier alpha value is -2.60. The van der Waals surface area contributed by atoms with Gasteiger partial charge < -0.3 is 19.0 Å². The van der Waals surface area contributed by atoms with Gasteiger partial charge in [0.15, 0.2) is 0 Å². The van der Waals surface area contributed by atoms with Crippen LogP contribution in [0.4, 0.5) is 0 Å². The third-order valence-electron chi connectivity index (χ3n) is 4.89. The standard InChI is InChI=1S/C22H28N2O4/c1-17-8-11-20(28-17)14-23(13-12-18-6-4-3-5-7-18)21(25)15-24(19-9-10-19)22(26)16-27-2/h3-8,11,19H,9-10,12-16H2,1-2H3. The van der Waals surface area contributed by atoms with Gasteiger partial charge in [-0.05, 0) is 43.9 Å². The number of ether oxygens (including phenoxy) is 1. The van der Waals surface area contributed by atoms with E-state index < -0.39 is 0 Å². The second-order valence-electron chi connectivity index (χ2n) is 7.25. The van der Waals surface area contributed by atoms with E-state index in [0.717, 1.165) is 30.8 Å². The number of furan rings is 1. The number of amides is 2. The van der Waals surface area contributed by atoms with Gasteiger partial charge in [-0.1, -0.05) is 30.3 Å². The number of hydrogen-bond acceptors (Lipinski definition) is 4. The van der Waals surface area contributed by atoms with Gasteiger partial charge in [0.2, 0.25) is 11.8 Å². The summed E-state index contributed by atoms with van der Waals surface area (Å²) in [6.07, 6.45) is 2.65. The second kappa shape index (κ2) is 9.55. The van der Waals surface area contributed by atoms with Gasteiger partial charge in [0.05, 0.1) is 6.54 Å². The summed E-state index contributed by atoms with van der Waals surface area (Å²) >= 11 is 0. The highest BCUT2D eigenvalue weighted by Crippen LogP contribution is 2.27. The molecule has 0 N–H and O–H groups in total. The molecule has 0 saturated heterocycles. The molecule has 1 fully saturated rings. The van der Waals surface area contributed by atoms with Gasteiger partial charge >= 0.3 is 0 Å². The van der Waals surface area contributed by atoms with Gasteiger partial charge in [0.1, 0.15) is 24.7 Å². The van der Waals surface area contributed by atoms with Gasteiger partial charge in [0.25, 0.3) is 0 Å². The summed E-state index contributed by atoms with van der Waals surface area (Å²) in [6, 6.07) is 14.0. The van der Waals surface area contributed by atoms with Gasteiger partial charge in [-0.15, -0.1) is 0 Å². The molecule has 28 heavy (non-hydrogen) atoms. The number of hydrogen-bond donors (Lipinski definition) is 0. The van der Waals surface area contributed by atoms with E-state index in [0.29, 0.717) is 13.1 Å². The monoisotopic (exact) mass is 384 g/mol. The van der Waals surface area contributed by atoms with Crippen LogP contribution in [0.25, 0.3) is 0 Å². The number of carbonyl (C=O) groups excluding carboxylic acids is 2. The summed E-state index contributed by atoms with van der Waals surface area (Å²) in [5, 5.41) is 0. The predicted molar refractivity (Wildman–Crippen MR) is 106 cm³/mol. The number of aryl methyl sites for hydroxylation is 1. The van der Waals surface area contributed by atoms with E-state index in [4.69, 9.17) is 9.15 Å². The molecule has 1 saturated carbocycles. The van der Waals surface area contributed by atoms with E-state index in [2.05, 4.69) is 12.1 Å². The first-order valence-corrected chi connectivity index (χ1v) is 9.72. The molecule has 150 valence electrons. The normalized spacial score (nSPS) is 13.4. The van der Waals surface area contributed by atoms with Crippen molar-refractivity contribution in [3.05, 3.63) is 59.5 Å². The summed E-state index contributed by atoms with van der Waals surface area (Å²) in [5.74, 6) is 1.37. The molecule has 6 nitrogen and oxygen atoms in total. The largest absolute Gasteiger partial charge is 0.464 e. The number of carbonyl (C=O) groups is 2. The lowest BCUT2D eigenvalue weighted by Crippen LogP contribution is -2.45. The smallest absolute Gasteiger partial charge is 0.249 e. The van der Waals surface area contributed by atoms with Crippen molar-refractivity contribution in [3.63, 3.8) is 0 Å². The van der Waals surface area contributed by atoms with E-state index in [9.17, 15) is 9.59 Å². The molecule has 1 aromatic heterocycles. The Morgan fingerprint density at radius 1 is 1.11 bits per heavy atom. The molecule has 1 heterocycles. The first-order valence-electron chi connectivity index (χ1n) is 9.72. The van der Waals surface area contributed by atoms with Crippen LogP contribution in [0.1, 0.15) is 29.9 Å². The van der Waals surface area contributed by atoms with Crippen LogP contribution in [0.3, 0.4) is 0 Å². The maximum atomic E-state index is 13.1. The quantitative estimate of drug-likeness (QED) is 0.632. The molecule has 2 amide bonds. The molecule has 0 radical (unpaired) electrons. The highest BCUT2D eigenvalue weighted by atomic mass is 16.5. The molecule has 0 spiro atoms. The molecule has 6 heteroatoms. The summed E-state index contributed by atoms with van der Waals surface area (Å²) in [4.78, 5) is 28.9. The fourth-order valence-corrected chi connectivity index (χ4v) is 3.22. The van der Waals surface area contributed by atoms with Crippen LogP contribution in [0, 0.1) is 6.92 Å². The first-order chi connectivity index (χ1) is 13.6. The fraction of sp³-hybridized carbons (Fsp3) is 0.455. The minimum Gasteiger partial charge on any atom is -0.464 e. The number of benzene rings is 1. The zero-order valence-electron chi connectivity index (χ0n) is 16.6. The van der Waals surface area contributed by atoms with Crippen molar-refractivity contribution in [1.29, 1.82) is 0 Å². The van der Waals surface area contributed by atoms with Crippen LogP contribution in [0.5, 0.6) is 0 Å². The third-order valence-corrected chi connectivity index (χ3v) is 4.89. The Kier molecular flexibility index (Phi) is 6.87. The number of nitrogens with zero attached hydrogens (tertiary/aromatic N) is 2. The summed E-state index contributed by atoms with van der Waals surface area (Å²) in [7, 11) is 1.50. The molecule has 0 bridgehead atoms. The fourth-order valence-electron chi connectivity index (χ4n) is 3.22. The molecule has 1 aliphatic rings. The zero-order chi connectivity index (χ0) is 19.9. The van der Waals surface area contributed by atoms with Crippen LogP contribution in [0.15, 0.2) is 46.9 Å². The summed E-state index contributed by atoms with van der Waals surface area (Å²) in [5.41, 5.74) is 1.17. The number of methoxy groups -OCH3 is 1. The van der Waals surface area contributed by atoms with Gasteiger partial charge in [-0.2, -0.15) is 0 Å². The Balaban J connectivity index is 1.68. The van der Waals surface area contributed by atoms with E-state index in [1.165, 1.54) is 12.7 Å². The highest BCUT2D eigenvalue weighted by Gasteiger charge is 2.34. The van der Waals surface area contributed by atoms with Crippen molar-refractivity contribution in [2.24, 2.45) is 0 Å². The number of rotatable bonds is 10. The Bertz CT molecular complexity index is 783. The average Bonchev–Trinajstić information content (AvgIpc) is 3.45. The predicted octanol–water partition coefficient (Wildman–Crippen LogP) is 2.80. The van der Waals surface area contributed by atoms with Crippen molar-refractivity contribution in [2.45, 2.75) is 38.8 Å². The van der Waals surface area contributed by atoms with Crippen molar-refractivity contribution < 1.29 is 18.7 Å². The molecule has 1 aromatic carbocycles. The maximum Gasteiger partial charge on any atom is 0.249 e. The summed E-state index contributed by atoms with van der Waals surface area (Å²) < 4.78 is 10.6. The summed E-state index contributed by atoms with van der Waals surface area (Å²) in [6.45, 7) is 2.94. The molecular weight excluding hydrogens is 356 g/mol. The van der Waals surface area contributed by atoms with Crippen molar-refractivity contribution >= 4 is 11.8 Å². The lowest BCUT2D eigenvalue weighted by molar-refractivity contribution is -0.143. The topological polar surface area (TPSA) is 63.0 Å². The zero-order valence-corrected chi connectivity index (χ0v) is 16.6. The Morgan fingerprint density at radius 3 is 2.46 bits per heavy atom. The molecular formula is C22H28N2O4. The van der Waals surface area contributed by atoms with Crippen molar-refractivity contribution in [1.82, 2.24) is 9.80 Å².